The van der Waals surface area contributed by atoms with Crippen molar-refractivity contribution in [2.75, 3.05) is 0 Å². The van der Waals surface area contributed by atoms with Crippen molar-refractivity contribution in [1.29, 1.82) is 0 Å². The standard InChI is InChI=1S/C22H32O3/c1-2-3-4-5-6-7-8-9-10-11-12-13-15-18-21(23)19-16-14-17-20-22(24)25/h3-4,6-7,9-10,12-16,18,21,23H,2,5,8,11,17,19-20H2,1H3,(H,24,25)/b4-3+,7-6+,10-9+,13-12+,16-14+,18-15+. The molecule has 0 amide bonds. The van der Waals surface area contributed by atoms with E-state index in [4.69, 9.17) is 5.11 Å². The van der Waals surface area contributed by atoms with Crippen LogP contribution in [0.1, 0.15) is 51.9 Å². The molecule has 0 spiro atoms. The number of hydrogen-bond acceptors (Lipinski definition) is 2. The lowest BCUT2D eigenvalue weighted by molar-refractivity contribution is -0.136. The molecule has 1 unspecified atom stereocenters. The van der Waals surface area contributed by atoms with Crippen LogP contribution in [0.25, 0.3) is 0 Å². The van der Waals surface area contributed by atoms with Crippen molar-refractivity contribution in [3.8, 4) is 0 Å². The number of aliphatic hydroxyl groups excluding tert-OH is 1. The zero-order chi connectivity index (χ0) is 18.6. The Morgan fingerprint density at radius 1 is 0.840 bits per heavy atom. The quantitative estimate of drug-likeness (QED) is 0.322. The Morgan fingerprint density at radius 3 is 2.04 bits per heavy atom. The maximum absolute atomic E-state index is 10.3. The number of carboxylic acids is 1. The average Bonchev–Trinajstić information content (AvgIpc) is 2.58. The minimum atomic E-state index is -0.801. The monoisotopic (exact) mass is 344 g/mol. The van der Waals surface area contributed by atoms with E-state index in [-0.39, 0.29) is 6.42 Å². The van der Waals surface area contributed by atoms with Gasteiger partial charge in [-0.15, -0.1) is 0 Å². The summed E-state index contributed by atoms with van der Waals surface area (Å²) in [6.07, 6.45) is 28.6. The SMILES string of the molecule is CC/C=C/C/C=C/C/C=C/C/C=C/C=C/C(O)C/C=C/CCC(=O)O. The van der Waals surface area contributed by atoms with Crippen molar-refractivity contribution in [2.24, 2.45) is 0 Å². The third-order valence-corrected chi connectivity index (χ3v) is 3.20. The minimum Gasteiger partial charge on any atom is -0.481 e. The first kappa shape index (κ1) is 22.9. The fraction of sp³-hybridized carbons (Fsp3) is 0.409. The number of hydrogen-bond donors (Lipinski definition) is 2. The van der Waals surface area contributed by atoms with Crippen molar-refractivity contribution in [3.63, 3.8) is 0 Å². The van der Waals surface area contributed by atoms with Gasteiger partial charge >= 0.3 is 5.97 Å². The summed E-state index contributed by atoms with van der Waals surface area (Å²) in [5, 5.41) is 18.2. The fourth-order valence-corrected chi connectivity index (χ4v) is 1.87. The number of aliphatic carboxylic acids is 1. The second-order valence-corrected chi connectivity index (χ2v) is 5.55. The molecule has 0 aliphatic rings. The third-order valence-electron chi connectivity index (χ3n) is 3.20. The van der Waals surface area contributed by atoms with Crippen LogP contribution in [0.3, 0.4) is 0 Å². The molecule has 138 valence electrons. The summed E-state index contributed by atoms with van der Waals surface area (Å²) < 4.78 is 0. The summed E-state index contributed by atoms with van der Waals surface area (Å²) in [5.74, 6) is -0.801. The molecule has 0 aliphatic heterocycles. The molecule has 0 fully saturated rings. The Morgan fingerprint density at radius 2 is 1.44 bits per heavy atom. The molecule has 0 radical (unpaired) electrons. The van der Waals surface area contributed by atoms with E-state index < -0.39 is 12.1 Å². The average molecular weight is 344 g/mol. The molecule has 0 aromatic rings. The summed E-state index contributed by atoms with van der Waals surface area (Å²) in [5.41, 5.74) is 0. The van der Waals surface area contributed by atoms with Crippen LogP contribution in [-0.2, 0) is 4.79 Å². The van der Waals surface area contributed by atoms with Gasteiger partial charge in [0.05, 0.1) is 6.10 Å². The molecule has 2 N–H and O–H groups in total. The minimum absolute atomic E-state index is 0.129. The van der Waals surface area contributed by atoms with E-state index >= 15 is 0 Å². The van der Waals surface area contributed by atoms with Crippen molar-refractivity contribution >= 4 is 5.97 Å². The van der Waals surface area contributed by atoms with Gasteiger partial charge in [-0.1, -0.05) is 79.8 Å². The van der Waals surface area contributed by atoms with Gasteiger partial charge in [0.1, 0.15) is 0 Å². The largest absolute Gasteiger partial charge is 0.481 e. The highest BCUT2D eigenvalue weighted by Crippen LogP contribution is 1.99. The van der Waals surface area contributed by atoms with Gasteiger partial charge in [-0.25, -0.2) is 0 Å². The number of rotatable bonds is 14. The molecule has 0 aliphatic carbocycles. The number of aliphatic hydroxyl groups is 1. The zero-order valence-corrected chi connectivity index (χ0v) is 15.3. The predicted octanol–water partition coefficient (Wildman–Crippen LogP) is 5.52. The molecular formula is C22H32O3. The Labute approximate surface area is 152 Å². The summed E-state index contributed by atoms with van der Waals surface area (Å²) in [7, 11) is 0. The molecular weight excluding hydrogens is 312 g/mol. The molecule has 0 bridgehead atoms. The van der Waals surface area contributed by atoms with Crippen LogP contribution in [0.15, 0.2) is 72.9 Å². The summed E-state index contributed by atoms with van der Waals surface area (Å²) in [6.45, 7) is 2.13. The van der Waals surface area contributed by atoms with E-state index in [1.807, 2.05) is 24.3 Å². The molecule has 0 aromatic heterocycles. The van der Waals surface area contributed by atoms with Crippen molar-refractivity contribution in [3.05, 3.63) is 72.9 Å². The van der Waals surface area contributed by atoms with E-state index in [9.17, 15) is 9.90 Å². The van der Waals surface area contributed by atoms with Gasteiger partial charge in [0.15, 0.2) is 0 Å². The smallest absolute Gasteiger partial charge is 0.303 e. The second-order valence-electron chi connectivity index (χ2n) is 5.55. The highest BCUT2D eigenvalue weighted by Gasteiger charge is 1.95. The van der Waals surface area contributed by atoms with Crippen LogP contribution >= 0.6 is 0 Å². The van der Waals surface area contributed by atoms with Crippen LogP contribution in [0.4, 0.5) is 0 Å². The Bertz CT molecular complexity index is 493. The molecule has 3 nitrogen and oxygen atoms in total. The maximum atomic E-state index is 10.3. The van der Waals surface area contributed by atoms with Crippen molar-refractivity contribution < 1.29 is 15.0 Å². The molecule has 0 saturated carbocycles. The molecule has 0 rings (SSSR count). The lowest BCUT2D eigenvalue weighted by atomic mass is 10.2. The highest BCUT2D eigenvalue weighted by atomic mass is 16.4. The normalized spacial score (nSPS) is 14.3. The first-order valence-electron chi connectivity index (χ1n) is 9.00. The van der Waals surface area contributed by atoms with E-state index in [2.05, 4.69) is 43.4 Å². The van der Waals surface area contributed by atoms with Gasteiger partial charge in [-0.2, -0.15) is 0 Å². The first-order chi connectivity index (χ1) is 12.2. The van der Waals surface area contributed by atoms with E-state index in [1.165, 1.54) is 0 Å². The van der Waals surface area contributed by atoms with Crippen LogP contribution in [0.5, 0.6) is 0 Å². The zero-order valence-electron chi connectivity index (χ0n) is 15.3. The van der Waals surface area contributed by atoms with E-state index in [0.717, 1.165) is 25.7 Å². The van der Waals surface area contributed by atoms with Gasteiger partial charge in [0, 0.05) is 6.42 Å². The van der Waals surface area contributed by atoms with Crippen molar-refractivity contribution in [2.45, 2.75) is 58.0 Å². The van der Waals surface area contributed by atoms with Gasteiger partial charge in [-0.3, -0.25) is 4.79 Å². The molecule has 3 heteroatoms. The summed E-state index contributed by atoms with van der Waals surface area (Å²) in [6, 6.07) is 0. The molecule has 0 heterocycles. The fourth-order valence-electron chi connectivity index (χ4n) is 1.87. The van der Waals surface area contributed by atoms with Gasteiger partial charge in [0.25, 0.3) is 0 Å². The highest BCUT2D eigenvalue weighted by molar-refractivity contribution is 5.66. The molecule has 0 aromatic carbocycles. The van der Waals surface area contributed by atoms with E-state index in [1.54, 1.807) is 12.2 Å². The van der Waals surface area contributed by atoms with Crippen LogP contribution in [-0.4, -0.2) is 22.3 Å². The molecule has 25 heavy (non-hydrogen) atoms. The number of allylic oxidation sites excluding steroid dienone is 10. The Balaban J connectivity index is 3.71. The number of carbonyl (C=O) groups is 1. The predicted molar refractivity (Wildman–Crippen MR) is 106 cm³/mol. The van der Waals surface area contributed by atoms with Crippen molar-refractivity contribution in [1.82, 2.24) is 0 Å². The Kier molecular flexibility index (Phi) is 16.7. The third kappa shape index (κ3) is 19.8. The molecule has 0 saturated heterocycles. The van der Waals surface area contributed by atoms with Gasteiger partial charge < -0.3 is 10.2 Å². The number of carboxylic acid groups (broad SMARTS) is 1. The topological polar surface area (TPSA) is 57.5 Å². The van der Waals surface area contributed by atoms with Gasteiger partial charge in [-0.05, 0) is 38.5 Å². The lowest BCUT2D eigenvalue weighted by Gasteiger charge is -1.98. The van der Waals surface area contributed by atoms with Crippen LogP contribution in [0.2, 0.25) is 0 Å². The summed E-state index contributed by atoms with van der Waals surface area (Å²) in [4.78, 5) is 10.3. The second kappa shape index (κ2) is 18.2. The van der Waals surface area contributed by atoms with E-state index in [0.29, 0.717) is 12.8 Å². The maximum Gasteiger partial charge on any atom is 0.303 e. The Hall–Kier alpha value is -2.13. The van der Waals surface area contributed by atoms with Gasteiger partial charge in [0.2, 0.25) is 0 Å². The van der Waals surface area contributed by atoms with Crippen LogP contribution < -0.4 is 0 Å². The first-order valence-corrected chi connectivity index (χ1v) is 9.00. The lowest BCUT2D eigenvalue weighted by Crippen LogP contribution is -1.99. The molecule has 1 atom stereocenters. The van der Waals surface area contributed by atoms with Crippen LogP contribution in [0, 0.1) is 0 Å². The summed E-state index contributed by atoms with van der Waals surface area (Å²) >= 11 is 0.